The summed E-state index contributed by atoms with van der Waals surface area (Å²) >= 11 is 5.79. The Morgan fingerprint density at radius 3 is 2.68 bits per heavy atom. The summed E-state index contributed by atoms with van der Waals surface area (Å²) in [5.74, 6) is -0.440. The van der Waals surface area contributed by atoms with E-state index < -0.39 is 25.3 Å². The number of benzene rings is 1. The molecular weight excluding hydrogens is 287 g/mol. The molecule has 4 nitrogen and oxygen atoms in total. The van der Waals surface area contributed by atoms with Crippen molar-refractivity contribution in [3.8, 4) is 5.75 Å². The Balaban J connectivity index is 2.32. The quantitative estimate of drug-likeness (QED) is 0.850. The number of halogens is 4. The van der Waals surface area contributed by atoms with Crippen molar-refractivity contribution in [2.45, 2.75) is 13.1 Å². The molecule has 0 unspecified atom stereocenters. The van der Waals surface area contributed by atoms with E-state index in [1.165, 1.54) is 0 Å². The van der Waals surface area contributed by atoms with Gasteiger partial charge < -0.3 is 4.74 Å². The van der Waals surface area contributed by atoms with Crippen LogP contribution >= 0.6 is 11.6 Å². The van der Waals surface area contributed by atoms with Gasteiger partial charge in [0.15, 0.2) is 13.2 Å². The highest BCUT2D eigenvalue weighted by Crippen LogP contribution is 2.20. The Morgan fingerprint density at radius 1 is 1.42 bits per heavy atom. The molecule has 0 spiro atoms. The molecule has 0 heterocycles. The highest BCUT2D eigenvalue weighted by molar-refractivity contribution is 6.31. The summed E-state index contributed by atoms with van der Waals surface area (Å²) < 4.78 is 40.2. The molecule has 0 aliphatic carbocycles. The Hall–Kier alpha value is -1.47. The molecule has 1 N–H and O–H groups in total. The molecule has 106 valence electrons. The molecule has 0 atom stereocenters. The molecule has 0 aromatic heterocycles. The van der Waals surface area contributed by atoms with Crippen molar-refractivity contribution in [1.29, 1.82) is 0 Å². The minimum absolute atomic E-state index is 0.382. The van der Waals surface area contributed by atoms with E-state index in [-0.39, 0.29) is 0 Å². The fourth-order valence-corrected chi connectivity index (χ4v) is 1.20. The molecule has 0 aliphatic rings. The molecule has 0 saturated heterocycles. The van der Waals surface area contributed by atoms with Crippen LogP contribution in [0.2, 0.25) is 5.02 Å². The number of rotatable bonds is 5. The standard InChI is InChI=1S/C11H11ClF3NO3/c1-7-4-8(2-3-9(7)12)18-5-10(17)16-19-6-11(13,14)15/h2-4H,5-6H2,1H3,(H,16,17). The summed E-state index contributed by atoms with van der Waals surface area (Å²) in [5.41, 5.74) is 2.38. The second-order valence-corrected chi connectivity index (χ2v) is 4.04. The van der Waals surface area contributed by atoms with Crippen LogP contribution in [-0.4, -0.2) is 25.3 Å². The van der Waals surface area contributed by atoms with Gasteiger partial charge in [-0.2, -0.15) is 13.2 Å². The zero-order chi connectivity index (χ0) is 14.5. The first-order valence-corrected chi connectivity index (χ1v) is 5.52. The molecule has 1 aromatic carbocycles. The fourth-order valence-electron chi connectivity index (χ4n) is 1.08. The second-order valence-electron chi connectivity index (χ2n) is 3.63. The Kier molecular flexibility index (Phi) is 5.44. The van der Waals surface area contributed by atoms with E-state index in [0.717, 1.165) is 5.56 Å². The number of nitrogens with one attached hydrogen (secondary N) is 1. The summed E-state index contributed by atoms with van der Waals surface area (Å²) in [7, 11) is 0. The molecule has 1 aromatic rings. The Morgan fingerprint density at radius 2 is 2.11 bits per heavy atom. The highest BCUT2D eigenvalue weighted by atomic mass is 35.5. The summed E-state index contributed by atoms with van der Waals surface area (Å²) in [6.07, 6.45) is -4.50. The average Bonchev–Trinajstić information content (AvgIpc) is 2.29. The van der Waals surface area contributed by atoms with Gasteiger partial charge in [-0.15, -0.1) is 0 Å². The van der Waals surface area contributed by atoms with Gasteiger partial charge in [-0.25, -0.2) is 5.48 Å². The first-order valence-electron chi connectivity index (χ1n) is 5.14. The minimum Gasteiger partial charge on any atom is -0.484 e. The van der Waals surface area contributed by atoms with E-state index in [4.69, 9.17) is 16.3 Å². The molecular formula is C11H11ClF3NO3. The normalized spacial score (nSPS) is 11.2. The second kappa shape index (κ2) is 6.63. The highest BCUT2D eigenvalue weighted by Gasteiger charge is 2.28. The number of carbonyl (C=O) groups is 1. The smallest absolute Gasteiger partial charge is 0.414 e. The molecule has 0 aliphatic heterocycles. The number of hydrogen-bond donors (Lipinski definition) is 1. The maximum absolute atomic E-state index is 11.7. The molecule has 1 amide bonds. The van der Waals surface area contributed by atoms with Crippen molar-refractivity contribution in [3.05, 3.63) is 28.8 Å². The molecule has 19 heavy (non-hydrogen) atoms. The maximum atomic E-state index is 11.7. The zero-order valence-corrected chi connectivity index (χ0v) is 10.6. The molecule has 1 rings (SSSR count). The maximum Gasteiger partial charge on any atom is 0.414 e. The SMILES string of the molecule is Cc1cc(OCC(=O)NOCC(F)(F)F)ccc1Cl. The minimum atomic E-state index is -4.50. The van der Waals surface area contributed by atoms with Crippen molar-refractivity contribution in [2.24, 2.45) is 0 Å². The van der Waals surface area contributed by atoms with Gasteiger partial charge in [-0.05, 0) is 30.7 Å². The molecule has 0 fully saturated rings. The van der Waals surface area contributed by atoms with Gasteiger partial charge in [0, 0.05) is 5.02 Å². The number of ether oxygens (including phenoxy) is 1. The fraction of sp³-hybridized carbons (Fsp3) is 0.364. The van der Waals surface area contributed by atoms with Gasteiger partial charge in [0.05, 0.1) is 0 Å². The largest absolute Gasteiger partial charge is 0.484 e. The Bertz CT molecular complexity index is 451. The molecule has 8 heteroatoms. The lowest BCUT2D eigenvalue weighted by atomic mass is 10.2. The van der Waals surface area contributed by atoms with Crippen LogP contribution in [0.4, 0.5) is 13.2 Å². The monoisotopic (exact) mass is 297 g/mol. The number of aryl methyl sites for hydroxylation is 1. The van der Waals surface area contributed by atoms with Crippen LogP contribution in [0.25, 0.3) is 0 Å². The third-order valence-electron chi connectivity index (χ3n) is 1.92. The van der Waals surface area contributed by atoms with Gasteiger partial charge in [0.1, 0.15) is 5.75 Å². The summed E-state index contributed by atoms with van der Waals surface area (Å²) in [6.45, 7) is -0.264. The third-order valence-corrected chi connectivity index (χ3v) is 2.35. The lowest BCUT2D eigenvalue weighted by Crippen LogP contribution is -2.32. The van der Waals surface area contributed by atoms with Crippen LogP contribution in [0.3, 0.4) is 0 Å². The van der Waals surface area contributed by atoms with Crippen molar-refractivity contribution < 1.29 is 27.5 Å². The van der Waals surface area contributed by atoms with E-state index in [1.807, 2.05) is 0 Å². The first kappa shape index (κ1) is 15.6. The van der Waals surface area contributed by atoms with Gasteiger partial charge in [0.25, 0.3) is 5.91 Å². The van der Waals surface area contributed by atoms with E-state index >= 15 is 0 Å². The van der Waals surface area contributed by atoms with Crippen molar-refractivity contribution in [2.75, 3.05) is 13.2 Å². The topological polar surface area (TPSA) is 47.6 Å². The molecule has 0 saturated carbocycles. The van der Waals surface area contributed by atoms with Gasteiger partial charge >= 0.3 is 6.18 Å². The Labute approximate surface area is 112 Å². The number of carbonyl (C=O) groups excluding carboxylic acids is 1. The van der Waals surface area contributed by atoms with Crippen LogP contribution in [-0.2, 0) is 9.63 Å². The summed E-state index contributed by atoms with van der Waals surface area (Å²) in [6, 6.07) is 4.73. The van der Waals surface area contributed by atoms with E-state index in [9.17, 15) is 18.0 Å². The van der Waals surface area contributed by atoms with Gasteiger partial charge in [-0.1, -0.05) is 11.6 Å². The number of alkyl halides is 3. The van der Waals surface area contributed by atoms with Gasteiger partial charge in [-0.3, -0.25) is 9.63 Å². The van der Waals surface area contributed by atoms with E-state index in [2.05, 4.69) is 4.84 Å². The lowest BCUT2D eigenvalue weighted by molar-refractivity contribution is -0.192. The van der Waals surface area contributed by atoms with Gasteiger partial charge in [0.2, 0.25) is 0 Å². The van der Waals surface area contributed by atoms with Crippen LogP contribution in [0, 0.1) is 6.92 Å². The third kappa shape index (κ3) is 6.30. The van der Waals surface area contributed by atoms with Crippen molar-refractivity contribution in [3.63, 3.8) is 0 Å². The van der Waals surface area contributed by atoms with E-state index in [1.54, 1.807) is 30.6 Å². The van der Waals surface area contributed by atoms with Crippen LogP contribution < -0.4 is 10.2 Å². The number of hydroxylamine groups is 1. The number of amides is 1. The predicted octanol–water partition coefficient (Wildman–Crippen LogP) is 2.64. The van der Waals surface area contributed by atoms with Crippen LogP contribution in [0.5, 0.6) is 5.75 Å². The van der Waals surface area contributed by atoms with Crippen molar-refractivity contribution >= 4 is 17.5 Å². The van der Waals surface area contributed by atoms with Crippen LogP contribution in [0.15, 0.2) is 18.2 Å². The molecule has 0 bridgehead atoms. The van der Waals surface area contributed by atoms with Crippen molar-refractivity contribution in [1.82, 2.24) is 5.48 Å². The first-order chi connectivity index (χ1) is 8.78. The summed E-state index contributed by atoms with van der Waals surface area (Å²) in [5, 5.41) is 0.547. The zero-order valence-electron chi connectivity index (χ0n) is 9.88. The van der Waals surface area contributed by atoms with E-state index in [0.29, 0.717) is 10.8 Å². The van der Waals surface area contributed by atoms with Crippen LogP contribution in [0.1, 0.15) is 5.56 Å². The summed E-state index contributed by atoms with van der Waals surface area (Å²) in [4.78, 5) is 15.1. The molecule has 0 radical (unpaired) electrons. The average molecular weight is 298 g/mol. The number of hydrogen-bond acceptors (Lipinski definition) is 3. The lowest BCUT2D eigenvalue weighted by Gasteiger charge is -2.09. The predicted molar refractivity (Wildman–Crippen MR) is 61.8 cm³/mol.